The second-order valence-electron chi connectivity index (χ2n) is 4.52. The zero-order chi connectivity index (χ0) is 10.7. The highest BCUT2D eigenvalue weighted by molar-refractivity contribution is 5.20. The molecule has 1 fully saturated rings. The molecule has 1 aliphatic rings. The normalized spacial score (nSPS) is 26.5. The van der Waals surface area contributed by atoms with Crippen molar-refractivity contribution in [3.63, 3.8) is 0 Å². The first kappa shape index (κ1) is 10.6. The lowest BCUT2D eigenvalue weighted by Gasteiger charge is -2.31. The maximum Gasteiger partial charge on any atom is 0.0372 e. The summed E-state index contributed by atoms with van der Waals surface area (Å²) in [5, 5.41) is 3.44. The van der Waals surface area contributed by atoms with Crippen LogP contribution in [0.25, 0.3) is 0 Å². The maximum atomic E-state index is 4.40. The molecule has 0 aromatic carbocycles. The lowest BCUT2D eigenvalue weighted by Crippen LogP contribution is -2.34. The van der Waals surface area contributed by atoms with Crippen molar-refractivity contribution in [2.24, 2.45) is 0 Å². The zero-order valence-electron chi connectivity index (χ0n) is 9.66. The first-order valence-corrected chi connectivity index (χ1v) is 5.91. The Morgan fingerprint density at radius 2 is 2.07 bits per heavy atom. The van der Waals surface area contributed by atoms with E-state index in [0.29, 0.717) is 12.0 Å². The average molecular weight is 204 g/mol. The molecule has 82 valence electrons. The van der Waals surface area contributed by atoms with Crippen LogP contribution in [0.3, 0.4) is 0 Å². The van der Waals surface area contributed by atoms with Gasteiger partial charge in [0.2, 0.25) is 0 Å². The molecule has 2 atom stereocenters. The van der Waals surface area contributed by atoms with Crippen LogP contribution in [0.5, 0.6) is 0 Å². The van der Waals surface area contributed by atoms with E-state index in [0.717, 1.165) is 5.69 Å². The Kier molecular flexibility index (Phi) is 3.37. The molecule has 0 aliphatic heterocycles. The molecule has 1 saturated carbocycles. The molecule has 2 unspecified atom stereocenters. The Morgan fingerprint density at radius 3 is 2.73 bits per heavy atom. The number of rotatable bonds is 2. The van der Waals surface area contributed by atoms with Gasteiger partial charge in [0.05, 0.1) is 0 Å². The SMILES string of the molecule is CNC1CCCCC1c1ccc(C)nc1. The van der Waals surface area contributed by atoms with Gasteiger partial charge in [-0.3, -0.25) is 4.98 Å². The van der Waals surface area contributed by atoms with Crippen LogP contribution in [0.2, 0.25) is 0 Å². The molecule has 2 nitrogen and oxygen atoms in total. The number of hydrogen-bond donors (Lipinski definition) is 1. The van der Waals surface area contributed by atoms with E-state index >= 15 is 0 Å². The number of nitrogens with zero attached hydrogens (tertiary/aromatic N) is 1. The number of likely N-dealkylation sites (N-methyl/N-ethyl adjacent to an activating group) is 1. The molecule has 0 spiro atoms. The van der Waals surface area contributed by atoms with E-state index in [2.05, 4.69) is 35.7 Å². The highest BCUT2D eigenvalue weighted by Crippen LogP contribution is 2.32. The number of aryl methyl sites for hydroxylation is 1. The number of hydrogen-bond acceptors (Lipinski definition) is 2. The van der Waals surface area contributed by atoms with Crippen LogP contribution in [0.4, 0.5) is 0 Å². The summed E-state index contributed by atoms with van der Waals surface area (Å²) in [4.78, 5) is 4.40. The maximum absolute atomic E-state index is 4.40. The zero-order valence-corrected chi connectivity index (χ0v) is 9.66. The fraction of sp³-hybridized carbons (Fsp3) is 0.615. The third-order valence-electron chi connectivity index (χ3n) is 3.50. The highest BCUT2D eigenvalue weighted by atomic mass is 14.9. The van der Waals surface area contributed by atoms with Gasteiger partial charge in [-0.05, 0) is 38.4 Å². The van der Waals surface area contributed by atoms with Crippen LogP contribution in [-0.4, -0.2) is 18.1 Å². The molecule has 2 heteroatoms. The van der Waals surface area contributed by atoms with Gasteiger partial charge in [-0.1, -0.05) is 18.9 Å². The Bertz CT molecular complexity index is 305. The molecule has 1 aliphatic carbocycles. The predicted molar refractivity (Wildman–Crippen MR) is 63.0 cm³/mol. The molecule has 1 aromatic rings. The number of pyridine rings is 1. The van der Waals surface area contributed by atoms with Crippen LogP contribution in [-0.2, 0) is 0 Å². The predicted octanol–water partition coefficient (Wildman–Crippen LogP) is 2.64. The summed E-state index contributed by atoms with van der Waals surface area (Å²) in [6.45, 7) is 2.04. The van der Waals surface area contributed by atoms with Crippen LogP contribution >= 0.6 is 0 Å². The van der Waals surface area contributed by atoms with Crippen molar-refractivity contribution in [2.75, 3.05) is 7.05 Å². The van der Waals surface area contributed by atoms with E-state index in [-0.39, 0.29) is 0 Å². The van der Waals surface area contributed by atoms with Crippen LogP contribution in [0.15, 0.2) is 18.3 Å². The van der Waals surface area contributed by atoms with E-state index < -0.39 is 0 Å². The van der Waals surface area contributed by atoms with Gasteiger partial charge in [0, 0.05) is 23.9 Å². The van der Waals surface area contributed by atoms with Gasteiger partial charge in [0.25, 0.3) is 0 Å². The quantitative estimate of drug-likeness (QED) is 0.801. The lowest BCUT2D eigenvalue weighted by atomic mass is 9.80. The van der Waals surface area contributed by atoms with Crippen molar-refractivity contribution >= 4 is 0 Å². The summed E-state index contributed by atoms with van der Waals surface area (Å²) in [7, 11) is 2.07. The van der Waals surface area contributed by atoms with Crippen molar-refractivity contribution in [3.05, 3.63) is 29.6 Å². The van der Waals surface area contributed by atoms with E-state index in [4.69, 9.17) is 0 Å². The molecule has 0 bridgehead atoms. The minimum absolute atomic E-state index is 0.642. The monoisotopic (exact) mass is 204 g/mol. The average Bonchev–Trinajstić information content (AvgIpc) is 2.30. The highest BCUT2D eigenvalue weighted by Gasteiger charge is 2.24. The summed E-state index contributed by atoms with van der Waals surface area (Å²) >= 11 is 0. The molecule has 1 N–H and O–H groups in total. The minimum atomic E-state index is 0.642. The molecule has 0 radical (unpaired) electrons. The Balaban J connectivity index is 2.16. The van der Waals surface area contributed by atoms with Crippen molar-refractivity contribution in [1.29, 1.82) is 0 Å². The fourth-order valence-electron chi connectivity index (χ4n) is 2.57. The van der Waals surface area contributed by atoms with E-state index in [1.165, 1.54) is 31.2 Å². The molecule has 15 heavy (non-hydrogen) atoms. The summed E-state index contributed by atoms with van der Waals surface area (Å²) in [6, 6.07) is 5.00. The van der Waals surface area contributed by atoms with Crippen molar-refractivity contribution in [1.82, 2.24) is 10.3 Å². The fourth-order valence-corrected chi connectivity index (χ4v) is 2.57. The van der Waals surface area contributed by atoms with Crippen LogP contribution in [0, 0.1) is 6.92 Å². The van der Waals surface area contributed by atoms with E-state index in [9.17, 15) is 0 Å². The Hall–Kier alpha value is -0.890. The summed E-state index contributed by atoms with van der Waals surface area (Å²) in [5.74, 6) is 0.664. The molecule has 2 rings (SSSR count). The van der Waals surface area contributed by atoms with Gasteiger partial charge < -0.3 is 5.32 Å². The van der Waals surface area contributed by atoms with Gasteiger partial charge in [-0.15, -0.1) is 0 Å². The summed E-state index contributed by atoms with van der Waals surface area (Å²) in [5.41, 5.74) is 2.51. The van der Waals surface area contributed by atoms with Gasteiger partial charge >= 0.3 is 0 Å². The summed E-state index contributed by atoms with van der Waals surface area (Å²) < 4.78 is 0. The smallest absolute Gasteiger partial charge is 0.0372 e. The third kappa shape index (κ3) is 2.37. The summed E-state index contributed by atoms with van der Waals surface area (Å²) in [6.07, 6.45) is 7.37. The molecule has 0 saturated heterocycles. The van der Waals surface area contributed by atoms with E-state index in [1.807, 2.05) is 6.92 Å². The number of aromatic nitrogens is 1. The van der Waals surface area contributed by atoms with E-state index in [1.54, 1.807) is 0 Å². The van der Waals surface area contributed by atoms with Gasteiger partial charge in [-0.2, -0.15) is 0 Å². The van der Waals surface area contributed by atoms with Crippen molar-refractivity contribution < 1.29 is 0 Å². The second-order valence-corrected chi connectivity index (χ2v) is 4.52. The van der Waals surface area contributed by atoms with Gasteiger partial charge in [-0.25, -0.2) is 0 Å². The lowest BCUT2D eigenvalue weighted by molar-refractivity contribution is 0.343. The van der Waals surface area contributed by atoms with Crippen molar-refractivity contribution in [2.45, 2.75) is 44.6 Å². The van der Waals surface area contributed by atoms with Gasteiger partial charge in [0.1, 0.15) is 0 Å². The molecule has 1 heterocycles. The topological polar surface area (TPSA) is 24.9 Å². The third-order valence-corrected chi connectivity index (χ3v) is 3.50. The molecule has 1 aromatic heterocycles. The standard InChI is InChI=1S/C13H20N2/c1-10-7-8-11(9-15-10)12-5-3-4-6-13(12)14-2/h7-9,12-14H,3-6H2,1-2H3. The van der Waals surface area contributed by atoms with Gasteiger partial charge in [0.15, 0.2) is 0 Å². The Morgan fingerprint density at radius 1 is 1.27 bits per heavy atom. The van der Waals surface area contributed by atoms with Crippen LogP contribution in [0.1, 0.15) is 42.9 Å². The molecule has 0 amide bonds. The van der Waals surface area contributed by atoms with Crippen molar-refractivity contribution in [3.8, 4) is 0 Å². The largest absolute Gasteiger partial charge is 0.316 e. The number of nitrogens with one attached hydrogen (secondary N) is 1. The Labute approximate surface area is 92.1 Å². The molecular weight excluding hydrogens is 184 g/mol. The second kappa shape index (κ2) is 4.75. The minimum Gasteiger partial charge on any atom is -0.316 e. The van der Waals surface area contributed by atoms with Crippen LogP contribution < -0.4 is 5.32 Å². The first-order valence-electron chi connectivity index (χ1n) is 5.91. The molecular formula is C13H20N2. The first-order chi connectivity index (χ1) is 7.31.